The van der Waals surface area contributed by atoms with Crippen LogP contribution in [0.25, 0.3) is 0 Å². The molecular weight excluding hydrogens is 242 g/mol. The summed E-state index contributed by atoms with van der Waals surface area (Å²) in [7, 11) is 0. The number of aromatic nitrogens is 2. The van der Waals surface area contributed by atoms with Crippen molar-refractivity contribution in [3.63, 3.8) is 0 Å². The molecule has 6 nitrogen and oxygen atoms in total. The zero-order valence-corrected chi connectivity index (χ0v) is 12.4. The Morgan fingerprint density at radius 1 is 1.16 bits per heavy atom. The maximum absolute atomic E-state index is 9.25. The van der Waals surface area contributed by atoms with Crippen molar-refractivity contribution in [2.24, 2.45) is 11.3 Å². The highest BCUT2D eigenvalue weighted by molar-refractivity contribution is 5.47. The van der Waals surface area contributed by atoms with Crippen molar-refractivity contribution in [3.8, 4) is 0 Å². The van der Waals surface area contributed by atoms with Crippen LogP contribution in [-0.4, -0.2) is 28.2 Å². The van der Waals surface area contributed by atoms with Gasteiger partial charge in [0.2, 0.25) is 0 Å². The van der Waals surface area contributed by atoms with Gasteiger partial charge in [0.1, 0.15) is 17.5 Å². The third kappa shape index (κ3) is 4.65. The number of rotatable bonds is 5. The standard InChI is InChI=1S/C13H25N5O/c1-12(2,3)11-16-9(6-10(17-11)18-14)15-7-13(4,5)8-19/h6,19H,7-8,14H2,1-5H3,(H2,15,16,17,18). The van der Waals surface area contributed by atoms with E-state index in [-0.39, 0.29) is 17.4 Å². The summed E-state index contributed by atoms with van der Waals surface area (Å²) in [6, 6.07) is 1.75. The molecule has 0 atom stereocenters. The summed E-state index contributed by atoms with van der Waals surface area (Å²) >= 11 is 0. The Balaban J connectivity index is 2.95. The first kappa shape index (κ1) is 15.7. The average molecular weight is 267 g/mol. The minimum Gasteiger partial charge on any atom is -0.396 e. The smallest absolute Gasteiger partial charge is 0.145 e. The molecule has 0 aliphatic rings. The number of nitrogens with two attached hydrogens (primary N) is 1. The highest BCUT2D eigenvalue weighted by Gasteiger charge is 2.20. The largest absolute Gasteiger partial charge is 0.396 e. The van der Waals surface area contributed by atoms with Gasteiger partial charge in [-0.15, -0.1) is 0 Å². The van der Waals surface area contributed by atoms with Gasteiger partial charge in [-0.3, -0.25) is 0 Å². The predicted molar refractivity (Wildman–Crippen MR) is 77.9 cm³/mol. The number of nitrogens with zero attached hydrogens (tertiary/aromatic N) is 2. The molecule has 0 aliphatic carbocycles. The van der Waals surface area contributed by atoms with Gasteiger partial charge >= 0.3 is 0 Å². The van der Waals surface area contributed by atoms with Gasteiger partial charge in [-0.05, 0) is 0 Å². The molecule has 1 rings (SSSR count). The lowest BCUT2D eigenvalue weighted by molar-refractivity contribution is 0.170. The Morgan fingerprint density at radius 3 is 2.21 bits per heavy atom. The van der Waals surface area contributed by atoms with E-state index in [9.17, 15) is 5.11 Å². The lowest BCUT2D eigenvalue weighted by atomic mass is 9.95. The molecule has 1 aromatic heterocycles. The van der Waals surface area contributed by atoms with Crippen LogP contribution in [0.15, 0.2) is 6.07 Å². The molecule has 0 saturated heterocycles. The molecule has 0 unspecified atom stereocenters. The Morgan fingerprint density at radius 2 is 1.74 bits per heavy atom. The van der Waals surface area contributed by atoms with E-state index in [0.29, 0.717) is 24.0 Å². The number of aliphatic hydroxyl groups excluding tert-OH is 1. The fourth-order valence-corrected chi connectivity index (χ4v) is 1.33. The third-order valence-electron chi connectivity index (χ3n) is 2.72. The van der Waals surface area contributed by atoms with E-state index in [1.165, 1.54) is 0 Å². The van der Waals surface area contributed by atoms with Crippen molar-refractivity contribution >= 4 is 11.6 Å². The lowest BCUT2D eigenvalue weighted by Crippen LogP contribution is -2.28. The van der Waals surface area contributed by atoms with Crippen LogP contribution < -0.4 is 16.6 Å². The maximum Gasteiger partial charge on any atom is 0.145 e. The first-order chi connectivity index (χ1) is 8.68. The Labute approximate surface area is 114 Å². The molecule has 0 fully saturated rings. The minimum atomic E-state index is -0.205. The first-order valence-corrected chi connectivity index (χ1v) is 6.39. The van der Waals surface area contributed by atoms with Crippen LogP contribution in [0.4, 0.5) is 11.6 Å². The van der Waals surface area contributed by atoms with Crippen molar-refractivity contribution in [2.45, 2.75) is 40.0 Å². The Bertz CT molecular complexity index is 426. The molecule has 19 heavy (non-hydrogen) atoms. The molecule has 0 aliphatic heterocycles. The number of hydrogen-bond donors (Lipinski definition) is 4. The highest BCUT2D eigenvalue weighted by atomic mass is 16.3. The van der Waals surface area contributed by atoms with E-state index in [1.807, 2.05) is 34.6 Å². The first-order valence-electron chi connectivity index (χ1n) is 6.39. The van der Waals surface area contributed by atoms with Gasteiger partial charge in [0, 0.05) is 30.0 Å². The predicted octanol–water partition coefficient (Wildman–Crippen LogP) is 1.49. The number of nitrogen functional groups attached to an aromatic ring is 1. The van der Waals surface area contributed by atoms with Gasteiger partial charge in [-0.25, -0.2) is 15.8 Å². The number of nitrogens with one attached hydrogen (secondary N) is 2. The average Bonchev–Trinajstić information content (AvgIpc) is 2.35. The fourth-order valence-electron chi connectivity index (χ4n) is 1.33. The van der Waals surface area contributed by atoms with Crippen LogP contribution in [0.1, 0.15) is 40.4 Å². The molecule has 0 saturated carbocycles. The van der Waals surface area contributed by atoms with E-state index < -0.39 is 0 Å². The zero-order chi connectivity index (χ0) is 14.7. The van der Waals surface area contributed by atoms with Crippen LogP contribution in [-0.2, 0) is 5.41 Å². The molecule has 0 bridgehead atoms. The fraction of sp³-hybridized carbons (Fsp3) is 0.692. The molecule has 0 amide bonds. The maximum atomic E-state index is 9.25. The number of aliphatic hydroxyl groups is 1. The SMILES string of the molecule is CC(C)(CO)CNc1cc(NN)nc(C(C)(C)C)n1. The van der Waals surface area contributed by atoms with Crippen LogP contribution >= 0.6 is 0 Å². The topological polar surface area (TPSA) is 96.1 Å². The molecule has 1 heterocycles. The van der Waals surface area contributed by atoms with Crippen molar-refractivity contribution in [1.29, 1.82) is 0 Å². The normalized spacial score (nSPS) is 12.4. The second-order valence-corrected chi connectivity index (χ2v) is 6.53. The van der Waals surface area contributed by atoms with E-state index in [0.717, 1.165) is 0 Å². The highest BCUT2D eigenvalue weighted by Crippen LogP contribution is 2.23. The molecule has 6 heteroatoms. The van der Waals surface area contributed by atoms with Gasteiger partial charge < -0.3 is 15.8 Å². The van der Waals surface area contributed by atoms with Gasteiger partial charge in [-0.1, -0.05) is 34.6 Å². The number of hydrazine groups is 1. The van der Waals surface area contributed by atoms with Gasteiger partial charge in [-0.2, -0.15) is 0 Å². The lowest BCUT2D eigenvalue weighted by Gasteiger charge is -2.23. The van der Waals surface area contributed by atoms with Crippen molar-refractivity contribution < 1.29 is 5.11 Å². The van der Waals surface area contributed by atoms with Gasteiger partial charge in [0.05, 0.1) is 0 Å². The van der Waals surface area contributed by atoms with Crippen LogP contribution in [0.5, 0.6) is 0 Å². The van der Waals surface area contributed by atoms with E-state index in [1.54, 1.807) is 6.07 Å². The quantitative estimate of drug-likeness (QED) is 0.477. The second kappa shape index (κ2) is 5.71. The van der Waals surface area contributed by atoms with Crippen molar-refractivity contribution in [3.05, 3.63) is 11.9 Å². The molecule has 0 radical (unpaired) electrons. The summed E-state index contributed by atoms with van der Waals surface area (Å²) in [5, 5.41) is 12.5. The summed E-state index contributed by atoms with van der Waals surface area (Å²) in [6.07, 6.45) is 0. The van der Waals surface area contributed by atoms with Crippen LogP contribution in [0.3, 0.4) is 0 Å². The Kier molecular flexibility index (Phi) is 4.70. The molecule has 108 valence electrons. The summed E-state index contributed by atoms with van der Waals surface area (Å²) in [5.74, 6) is 7.42. The molecule has 0 aromatic carbocycles. The number of anilines is 2. The van der Waals surface area contributed by atoms with Crippen molar-refractivity contribution in [2.75, 3.05) is 23.9 Å². The summed E-state index contributed by atoms with van der Waals surface area (Å²) in [5.41, 5.74) is 2.19. The summed E-state index contributed by atoms with van der Waals surface area (Å²) in [6.45, 7) is 10.8. The monoisotopic (exact) mass is 267 g/mol. The van der Waals surface area contributed by atoms with Crippen molar-refractivity contribution in [1.82, 2.24) is 9.97 Å². The number of hydrogen-bond acceptors (Lipinski definition) is 6. The second-order valence-electron chi connectivity index (χ2n) is 6.53. The Hall–Kier alpha value is -1.40. The van der Waals surface area contributed by atoms with E-state index in [4.69, 9.17) is 5.84 Å². The molecular formula is C13H25N5O. The minimum absolute atomic E-state index is 0.110. The van der Waals surface area contributed by atoms with E-state index >= 15 is 0 Å². The zero-order valence-electron chi connectivity index (χ0n) is 12.4. The van der Waals surface area contributed by atoms with Gasteiger partial charge in [0.15, 0.2) is 0 Å². The summed E-state index contributed by atoms with van der Waals surface area (Å²) in [4.78, 5) is 8.84. The van der Waals surface area contributed by atoms with E-state index in [2.05, 4.69) is 20.7 Å². The van der Waals surface area contributed by atoms with Gasteiger partial charge in [0.25, 0.3) is 0 Å². The molecule has 0 spiro atoms. The van der Waals surface area contributed by atoms with Crippen LogP contribution in [0, 0.1) is 5.41 Å². The third-order valence-corrected chi connectivity index (χ3v) is 2.72. The van der Waals surface area contributed by atoms with Crippen LogP contribution in [0.2, 0.25) is 0 Å². The molecule has 5 N–H and O–H groups in total. The molecule has 1 aromatic rings. The summed E-state index contributed by atoms with van der Waals surface area (Å²) < 4.78 is 0.